The lowest BCUT2D eigenvalue weighted by Crippen LogP contribution is -2.54. The lowest BCUT2D eigenvalue weighted by atomic mass is 9.97. The first-order chi connectivity index (χ1) is 15.6. The van der Waals surface area contributed by atoms with Gasteiger partial charge in [-0.25, -0.2) is 4.79 Å². The van der Waals surface area contributed by atoms with Crippen LogP contribution in [0.5, 0.6) is 0 Å². The van der Waals surface area contributed by atoms with Gasteiger partial charge in [0.15, 0.2) is 0 Å². The van der Waals surface area contributed by atoms with Crippen molar-refractivity contribution < 1.29 is 19.1 Å². The topological polar surface area (TPSA) is 91.0 Å². The average molecular weight is 457 g/mol. The van der Waals surface area contributed by atoms with Gasteiger partial charge in [-0.2, -0.15) is 0 Å². The predicted octanol–water partition coefficient (Wildman–Crippen LogP) is 2.71. The van der Waals surface area contributed by atoms with E-state index in [1.54, 1.807) is 28.9 Å². The number of nitrogens with zero attached hydrogens (tertiary/aromatic N) is 2. The van der Waals surface area contributed by atoms with Gasteiger partial charge in [0.2, 0.25) is 5.91 Å². The third-order valence-corrected chi connectivity index (χ3v) is 6.83. The van der Waals surface area contributed by atoms with Crippen LogP contribution in [0.4, 0.5) is 10.5 Å². The van der Waals surface area contributed by atoms with Crippen molar-refractivity contribution in [3.63, 3.8) is 0 Å². The number of anilines is 1. The fraction of sp³-hybridized carbons (Fsp3) is 0.435. The van der Waals surface area contributed by atoms with Crippen LogP contribution in [0.2, 0.25) is 0 Å². The molecule has 1 aromatic carbocycles. The third-order valence-electron chi connectivity index (χ3n) is 5.89. The lowest BCUT2D eigenvalue weighted by molar-refractivity contribution is -0.148. The van der Waals surface area contributed by atoms with Crippen LogP contribution in [0.25, 0.3) is 0 Å². The van der Waals surface area contributed by atoms with Crippen molar-refractivity contribution in [2.24, 2.45) is 5.92 Å². The van der Waals surface area contributed by atoms with Gasteiger partial charge in [0.05, 0.1) is 18.6 Å². The molecular formula is C23H28N4O4S. The number of carbonyl (C=O) groups is 3. The summed E-state index contributed by atoms with van der Waals surface area (Å²) < 4.78 is 5.35. The van der Waals surface area contributed by atoms with E-state index >= 15 is 0 Å². The third kappa shape index (κ3) is 4.63. The molecule has 0 saturated carbocycles. The number of esters is 1. The highest BCUT2D eigenvalue weighted by Crippen LogP contribution is 2.44. The van der Waals surface area contributed by atoms with Gasteiger partial charge >= 0.3 is 12.0 Å². The van der Waals surface area contributed by atoms with Crippen molar-refractivity contribution in [2.75, 3.05) is 38.1 Å². The van der Waals surface area contributed by atoms with Crippen molar-refractivity contribution in [3.8, 4) is 0 Å². The summed E-state index contributed by atoms with van der Waals surface area (Å²) in [5.41, 5.74) is 0.635. The number of piperazine rings is 1. The van der Waals surface area contributed by atoms with Gasteiger partial charge < -0.3 is 25.2 Å². The first-order valence-corrected chi connectivity index (χ1v) is 11.8. The summed E-state index contributed by atoms with van der Waals surface area (Å²) in [6.45, 7) is 4.60. The number of ether oxygens (including phenoxy) is 1. The zero-order valence-electron chi connectivity index (χ0n) is 18.0. The number of rotatable bonds is 5. The number of urea groups is 1. The van der Waals surface area contributed by atoms with Gasteiger partial charge in [-0.15, -0.1) is 11.3 Å². The van der Waals surface area contributed by atoms with Crippen LogP contribution in [-0.2, 0) is 14.3 Å². The number of thiophene rings is 1. The van der Waals surface area contributed by atoms with Crippen LogP contribution in [0.1, 0.15) is 24.3 Å². The Morgan fingerprint density at radius 1 is 1.12 bits per heavy atom. The molecule has 32 heavy (non-hydrogen) atoms. The molecule has 4 rings (SSSR count). The van der Waals surface area contributed by atoms with E-state index in [2.05, 4.69) is 10.6 Å². The molecular weight excluding hydrogens is 428 g/mol. The van der Waals surface area contributed by atoms with E-state index in [4.69, 9.17) is 4.74 Å². The summed E-state index contributed by atoms with van der Waals surface area (Å²) >= 11 is 1.47. The number of likely N-dealkylation sites (tertiary alicyclic amines) is 1. The molecule has 3 unspecified atom stereocenters. The van der Waals surface area contributed by atoms with Crippen LogP contribution < -0.4 is 10.6 Å². The summed E-state index contributed by atoms with van der Waals surface area (Å²) in [5, 5.41) is 8.07. The minimum atomic E-state index is -0.738. The Balaban J connectivity index is 1.69. The van der Waals surface area contributed by atoms with Crippen LogP contribution in [0, 0.1) is 5.92 Å². The summed E-state index contributed by atoms with van der Waals surface area (Å²) in [6, 6.07) is 11.2. The largest absolute Gasteiger partial charge is 0.466 e. The first-order valence-electron chi connectivity index (χ1n) is 10.9. The molecule has 2 fully saturated rings. The SMILES string of the molecule is CCOC(=O)C1CC(C(=O)N2CCNCC2)N(C(=O)Nc2ccccc2)C1c1cccs1. The Morgan fingerprint density at radius 2 is 1.88 bits per heavy atom. The maximum Gasteiger partial charge on any atom is 0.323 e. The molecule has 3 amide bonds. The molecule has 0 aliphatic carbocycles. The Bertz CT molecular complexity index is 931. The summed E-state index contributed by atoms with van der Waals surface area (Å²) in [5.74, 6) is -1.10. The number of benzene rings is 1. The number of carbonyl (C=O) groups excluding carboxylic acids is 3. The van der Waals surface area contributed by atoms with Crippen LogP contribution >= 0.6 is 11.3 Å². The molecule has 3 atom stereocenters. The molecule has 0 bridgehead atoms. The van der Waals surface area contributed by atoms with E-state index in [-0.39, 0.29) is 24.9 Å². The number of hydrogen-bond acceptors (Lipinski definition) is 6. The van der Waals surface area contributed by atoms with E-state index in [0.29, 0.717) is 31.9 Å². The van der Waals surface area contributed by atoms with Crippen LogP contribution in [0.15, 0.2) is 47.8 Å². The Labute approximate surface area is 191 Å². The molecule has 0 radical (unpaired) electrons. The second kappa shape index (κ2) is 10.1. The maximum absolute atomic E-state index is 13.5. The van der Waals surface area contributed by atoms with Crippen LogP contribution in [-0.4, -0.2) is 66.5 Å². The highest BCUT2D eigenvalue weighted by atomic mass is 32.1. The average Bonchev–Trinajstić information content (AvgIpc) is 3.48. The van der Waals surface area contributed by atoms with Gasteiger partial charge in [-0.3, -0.25) is 9.59 Å². The number of amides is 3. The van der Waals surface area contributed by atoms with E-state index < -0.39 is 24.0 Å². The lowest BCUT2D eigenvalue weighted by Gasteiger charge is -2.35. The Kier molecular flexibility index (Phi) is 7.06. The monoisotopic (exact) mass is 456 g/mol. The van der Waals surface area contributed by atoms with Crippen molar-refractivity contribution in [1.82, 2.24) is 15.1 Å². The molecule has 8 nitrogen and oxygen atoms in total. The van der Waals surface area contributed by atoms with E-state index in [1.807, 2.05) is 35.7 Å². The summed E-state index contributed by atoms with van der Waals surface area (Å²) in [6.07, 6.45) is 0.242. The molecule has 2 saturated heterocycles. The zero-order chi connectivity index (χ0) is 22.5. The fourth-order valence-electron chi connectivity index (χ4n) is 4.43. The fourth-order valence-corrected chi connectivity index (χ4v) is 5.32. The molecule has 1 aromatic heterocycles. The molecule has 0 spiro atoms. The highest BCUT2D eigenvalue weighted by molar-refractivity contribution is 7.10. The quantitative estimate of drug-likeness (QED) is 0.675. The molecule has 3 heterocycles. The summed E-state index contributed by atoms with van der Waals surface area (Å²) in [7, 11) is 0. The van der Waals surface area contributed by atoms with Crippen LogP contribution in [0.3, 0.4) is 0 Å². The van der Waals surface area contributed by atoms with Gasteiger partial charge in [0, 0.05) is 36.7 Å². The van der Waals surface area contributed by atoms with Gasteiger partial charge in [-0.05, 0) is 36.9 Å². The predicted molar refractivity (Wildman–Crippen MR) is 122 cm³/mol. The van der Waals surface area contributed by atoms with Crippen molar-refractivity contribution in [2.45, 2.75) is 25.4 Å². The first kappa shape index (κ1) is 22.3. The minimum absolute atomic E-state index is 0.122. The van der Waals surface area contributed by atoms with Crippen molar-refractivity contribution in [3.05, 3.63) is 52.7 Å². The van der Waals surface area contributed by atoms with Gasteiger partial charge in [0.1, 0.15) is 6.04 Å². The van der Waals surface area contributed by atoms with E-state index in [1.165, 1.54) is 11.3 Å². The highest BCUT2D eigenvalue weighted by Gasteiger charge is 2.52. The standard InChI is InChI=1S/C23H28N4O4S/c1-2-31-22(29)17-15-18(21(28)26-12-10-24-11-13-26)27(20(17)19-9-6-14-32-19)23(30)25-16-7-4-3-5-8-16/h3-9,14,17-18,20,24H,2,10-13,15H2,1H3,(H,25,30). The second-order valence-electron chi connectivity index (χ2n) is 7.85. The molecule has 2 N–H and O–H groups in total. The molecule has 9 heteroatoms. The van der Waals surface area contributed by atoms with Crippen molar-refractivity contribution >= 4 is 34.9 Å². The Hall–Kier alpha value is -2.91. The second-order valence-corrected chi connectivity index (χ2v) is 8.83. The number of hydrogen-bond donors (Lipinski definition) is 2. The molecule has 2 aliphatic heterocycles. The molecule has 2 aromatic rings. The maximum atomic E-state index is 13.5. The summed E-state index contributed by atoms with van der Waals surface area (Å²) in [4.78, 5) is 44.2. The van der Waals surface area contributed by atoms with E-state index in [0.717, 1.165) is 4.88 Å². The zero-order valence-corrected chi connectivity index (χ0v) is 18.8. The van der Waals surface area contributed by atoms with Gasteiger partial charge in [0.25, 0.3) is 0 Å². The van der Waals surface area contributed by atoms with Crippen molar-refractivity contribution in [1.29, 1.82) is 0 Å². The molecule has 2 aliphatic rings. The Morgan fingerprint density at radius 3 is 2.53 bits per heavy atom. The number of para-hydroxylation sites is 1. The molecule has 170 valence electrons. The normalized spacial score (nSPS) is 23.1. The minimum Gasteiger partial charge on any atom is -0.466 e. The number of nitrogens with one attached hydrogen (secondary N) is 2. The van der Waals surface area contributed by atoms with Gasteiger partial charge in [-0.1, -0.05) is 24.3 Å². The smallest absolute Gasteiger partial charge is 0.323 e. The van der Waals surface area contributed by atoms with E-state index in [9.17, 15) is 14.4 Å².